The van der Waals surface area contributed by atoms with E-state index in [-0.39, 0.29) is 6.42 Å². The average Bonchev–Trinajstić information content (AvgIpc) is 2.35. The van der Waals surface area contributed by atoms with E-state index in [4.69, 9.17) is 4.62 Å². The first kappa shape index (κ1) is 16.8. The van der Waals surface area contributed by atoms with Crippen LogP contribution < -0.4 is 0 Å². The molecule has 0 saturated carbocycles. The summed E-state index contributed by atoms with van der Waals surface area (Å²) in [5.74, 6) is -0.429. The average molecular weight is 279 g/mol. The predicted octanol–water partition coefficient (Wildman–Crippen LogP) is 2.80. The van der Waals surface area contributed by atoms with Crippen molar-refractivity contribution in [3.8, 4) is 0 Å². The summed E-state index contributed by atoms with van der Waals surface area (Å²) in [5.41, 5.74) is 0. The summed E-state index contributed by atoms with van der Waals surface area (Å²) in [6.45, 7) is 6.01. The van der Waals surface area contributed by atoms with Crippen LogP contribution in [-0.2, 0) is 14.2 Å². The first-order valence-corrected chi connectivity index (χ1v) is 8.92. The van der Waals surface area contributed by atoms with Crippen molar-refractivity contribution in [3.05, 3.63) is 23.0 Å². The summed E-state index contributed by atoms with van der Waals surface area (Å²) < 4.78 is 9.76. The van der Waals surface area contributed by atoms with Gasteiger partial charge in [0.25, 0.3) is 0 Å². The van der Waals surface area contributed by atoms with Gasteiger partial charge in [0.1, 0.15) is 0 Å². The Labute approximate surface area is 107 Å². The molecule has 0 saturated heterocycles. The fourth-order valence-electron chi connectivity index (χ4n) is 2.07. The zero-order valence-electron chi connectivity index (χ0n) is 11.3. The molecule has 0 spiro atoms. The van der Waals surface area contributed by atoms with E-state index >= 15 is 0 Å². The van der Waals surface area contributed by atoms with Gasteiger partial charge in [0.05, 0.1) is 0 Å². The van der Waals surface area contributed by atoms with Gasteiger partial charge in [-0.25, -0.2) is 0 Å². The molecular weight excluding hydrogens is 257 g/mol. The molecule has 0 radical (unpaired) electrons. The van der Waals surface area contributed by atoms with Crippen molar-refractivity contribution in [2.45, 2.75) is 27.2 Å². The van der Waals surface area contributed by atoms with Crippen LogP contribution >= 0.6 is 6.83 Å². The van der Waals surface area contributed by atoms with Gasteiger partial charge in [0, 0.05) is 0 Å². The molecule has 0 fully saturated rings. The Bertz CT molecular complexity index is 316. The van der Waals surface area contributed by atoms with E-state index in [0.717, 1.165) is 6.26 Å². The van der Waals surface area contributed by atoms with E-state index in [1.165, 1.54) is 0 Å². The van der Waals surface area contributed by atoms with Crippen molar-refractivity contribution < 1.29 is 19.2 Å². The monoisotopic (exact) mass is 279 g/mol. The van der Waals surface area contributed by atoms with Gasteiger partial charge in [-0.15, -0.1) is 0 Å². The van der Waals surface area contributed by atoms with E-state index in [9.17, 15) is 14.9 Å². The third-order valence-corrected chi connectivity index (χ3v) is 10.5. The molecule has 0 rings (SSSR count). The molecule has 0 N–H and O–H groups in total. The van der Waals surface area contributed by atoms with E-state index in [1.54, 1.807) is 0 Å². The molecule has 0 bridgehead atoms. The van der Waals surface area contributed by atoms with Gasteiger partial charge in [-0.3, -0.25) is 0 Å². The van der Waals surface area contributed by atoms with E-state index in [0.29, 0.717) is 24.6 Å². The second-order valence-electron chi connectivity index (χ2n) is 4.24. The van der Waals surface area contributed by atoms with Crippen molar-refractivity contribution in [2.24, 2.45) is 0 Å². The number of rotatable bonds is 9. The van der Waals surface area contributed by atoms with Crippen LogP contribution in [0.5, 0.6) is 0 Å². The number of esters is 1. The van der Waals surface area contributed by atoms with E-state index in [1.807, 2.05) is 20.8 Å². The van der Waals surface area contributed by atoms with Crippen LogP contribution in [-0.4, -0.2) is 35.7 Å². The van der Waals surface area contributed by atoms with Crippen molar-refractivity contribution in [2.75, 3.05) is 24.6 Å². The van der Waals surface area contributed by atoms with Gasteiger partial charge in [-0.2, -0.15) is 0 Å². The molecule has 0 aromatic carbocycles. The van der Waals surface area contributed by atoms with Crippen molar-refractivity contribution in [1.82, 2.24) is 0 Å². The molecule has 106 valence electrons. The topological polar surface area (TPSA) is 78.7 Å². The summed E-state index contributed by atoms with van der Waals surface area (Å²) in [5, 5.41) is 10.0. The number of hydrogen-bond acceptors (Lipinski definition) is 5. The van der Waals surface area contributed by atoms with Crippen LogP contribution in [0.3, 0.4) is 0 Å². The third-order valence-electron chi connectivity index (χ3n) is 3.79. The second kappa shape index (κ2) is 6.69. The summed E-state index contributed by atoms with van der Waals surface area (Å²) >= 11 is 0. The third kappa shape index (κ3) is 3.95. The minimum atomic E-state index is -2.94. The number of hydrogen-bond donors (Lipinski definition) is 0. The maximum absolute atomic E-state index is 11.4. The van der Waals surface area contributed by atoms with Crippen LogP contribution in [0.25, 0.3) is 0 Å². The number of carbonyl (C=O) groups excluding carboxylic acids is 1. The first-order valence-electron chi connectivity index (χ1n) is 6.02. The minimum absolute atomic E-state index is 0.118. The molecule has 6 nitrogen and oxygen atoms in total. The molecule has 0 atom stereocenters. The molecule has 0 amide bonds. The normalized spacial score (nSPS) is 13.2. The van der Waals surface area contributed by atoms with Crippen LogP contribution in [0.15, 0.2) is 12.8 Å². The Kier molecular flexibility index (Phi) is 6.26. The van der Waals surface area contributed by atoms with Crippen molar-refractivity contribution in [3.63, 3.8) is 0 Å². The molecule has 0 unspecified atom stereocenters. The quantitative estimate of drug-likeness (QED) is 0.213. The fraction of sp³-hybridized carbons (Fsp3) is 0.727. The molecular formula is C11H22NO5P. The zero-order valence-corrected chi connectivity index (χ0v) is 12.2. The van der Waals surface area contributed by atoms with Crippen molar-refractivity contribution >= 4 is 12.8 Å². The first-order chi connectivity index (χ1) is 8.37. The molecule has 18 heavy (non-hydrogen) atoms. The van der Waals surface area contributed by atoms with Gasteiger partial charge < -0.3 is 0 Å². The van der Waals surface area contributed by atoms with Crippen LogP contribution in [0.4, 0.5) is 0 Å². The van der Waals surface area contributed by atoms with Gasteiger partial charge in [-0.1, -0.05) is 0 Å². The van der Waals surface area contributed by atoms with Gasteiger partial charge in [-0.05, 0) is 0 Å². The van der Waals surface area contributed by atoms with E-state index in [2.05, 4.69) is 11.3 Å². The molecule has 0 aromatic heterocycles. The van der Waals surface area contributed by atoms with Crippen LogP contribution in [0.2, 0.25) is 0 Å². The molecule has 0 aliphatic heterocycles. The standard InChI is InChI=1S/C11H22NO5P/c1-5-16-11(13)9-10-18(6-2,7-3,8-4)17-12(14)15/h5H,1,6-10H2,2-4H3. The summed E-state index contributed by atoms with van der Waals surface area (Å²) in [6.07, 6.45) is 3.31. The molecule has 0 aromatic rings. The Morgan fingerprint density at radius 1 is 1.33 bits per heavy atom. The van der Waals surface area contributed by atoms with Gasteiger partial charge >= 0.3 is 107 Å². The van der Waals surface area contributed by atoms with E-state index < -0.39 is 17.9 Å². The van der Waals surface area contributed by atoms with Crippen LogP contribution in [0, 0.1) is 10.1 Å². The predicted molar refractivity (Wildman–Crippen MR) is 72.4 cm³/mol. The summed E-state index contributed by atoms with van der Waals surface area (Å²) in [6, 6.07) is 0. The Balaban J connectivity index is 5.01. The Hall–Kier alpha value is -1.16. The van der Waals surface area contributed by atoms with Gasteiger partial charge in [0.2, 0.25) is 0 Å². The SMILES string of the molecule is C=COC(=O)CCP(CC)(CC)(CC)O[N+](=O)[O-]. The number of ether oxygens (including phenoxy) is 1. The zero-order chi connectivity index (χ0) is 14.3. The molecule has 0 heterocycles. The second-order valence-corrected chi connectivity index (χ2v) is 10.5. The van der Waals surface area contributed by atoms with Crippen molar-refractivity contribution in [1.29, 1.82) is 0 Å². The summed E-state index contributed by atoms with van der Waals surface area (Å²) in [4.78, 5) is 22.1. The molecule has 7 heteroatoms. The molecule has 0 aliphatic carbocycles. The maximum atomic E-state index is 11.4. The number of nitrogens with zero attached hydrogens (tertiary/aromatic N) is 1. The fourth-order valence-corrected chi connectivity index (χ4v) is 5.92. The number of carbonyl (C=O) groups is 1. The van der Waals surface area contributed by atoms with Gasteiger partial charge in [0.15, 0.2) is 0 Å². The molecule has 0 aliphatic rings. The van der Waals surface area contributed by atoms with Crippen LogP contribution in [0.1, 0.15) is 27.2 Å². The Morgan fingerprint density at radius 3 is 2.17 bits per heavy atom. The Morgan fingerprint density at radius 2 is 1.83 bits per heavy atom. The summed E-state index contributed by atoms with van der Waals surface area (Å²) in [7, 11) is 0.